The zero-order chi connectivity index (χ0) is 24.8. The van der Waals surface area contributed by atoms with Gasteiger partial charge >= 0.3 is 0 Å². The second-order valence-corrected chi connectivity index (χ2v) is 9.27. The molecule has 2 aromatic rings. The largest absolute Gasteiger partial charge is 0.495 e. The van der Waals surface area contributed by atoms with Crippen LogP contribution in [-0.4, -0.2) is 77.7 Å². The van der Waals surface area contributed by atoms with Gasteiger partial charge in [-0.25, -0.2) is 4.98 Å². The Bertz CT molecular complexity index is 1040. The zero-order valence-electron chi connectivity index (χ0n) is 19.7. The van der Waals surface area contributed by atoms with E-state index < -0.39 is 0 Å². The minimum absolute atomic E-state index is 0.00948. The van der Waals surface area contributed by atoms with Crippen LogP contribution in [0.4, 0.5) is 11.8 Å². The van der Waals surface area contributed by atoms with Gasteiger partial charge in [0.15, 0.2) is 0 Å². The molecule has 11 heteroatoms. The number of anilines is 2. The Labute approximate surface area is 209 Å². The Morgan fingerprint density at radius 3 is 2.63 bits per heavy atom. The fourth-order valence-corrected chi connectivity index (χ4v) is 4.62. The van der Waals surface area contributed by atoms with Crippen LogP contribution in [0, 0.1) is 0 Å². The van der Waals surface area contributed by atoms with E-state index in [9.17, 15) is 14.7 Å². The van der Waals surface area contributed by atoms with Gasteiger partial charge in [0.05, 0.1) is 18.2 Å². The van der Waals surface area contributed by atoms with Gasteiger partial charge in [-0.05, 0) is 43.4 Å². The Hall–Kier alpha value is -3.11. The van der Waals surface area contributed by atoms with Crippen LogP contribution in [0.1, 0.15) is 41.6 Å². The molecular formula is C24H31ClN6O4. The second kappa shape index (κ2) is 11.5. The van der Waals surface area contributed by atoms with E-state index >= 15 is 0 Å². The standard InChI is InChI=1S/C24H31ClN6O4/c1-35-21-7-2-16(12-20(21)25)13-26-22-19(23(34)28-17-3-5-18(33)6-4-17)14-27-24(29-22)31-10-8-30(15-32)9-11-31/h2,7,12,14-15,17-18,33H,3-6,8-11,13H2,1H3,(H,28,34)(H,26,27,29)/t17-,18-. The molecule has 0 atom stereocenters. The number of aliphatic hydroxyl groups is 1. The molecule has 1 saturated heterocycles. The number of rotatable bonds is 8. The van der Waals surface area contributed by atoms with Gasteiger partial charge < -0.3 is 30.3 Å². The molecule has 1 aromatic carbocycles. The van der Waals surface area contributed by atoms with Crippen LogP contribution >= 0.6 is 11.6 Å². The molecule has 3 N–H and O–H groups in total. The van der Waals surface area contributed by atoms with E-state index in [0.29, 0.717) is 73.7 Å². The third-order valence-corrected chi connectivity index (χ3v) is 6.77. The lowest BCUT2D eigenvalue weighted by Crippen LogP contribution is -2.46. The number of nitrogens with zero attached hydrogens (tertiary/aromatic N) is 4. The van der Waals surface area contributed by atoms with Crippen LogP contribution in [0.2, 0.25) is 5.02 Å². The average Bonchev–Trinajstić information content (AvgIpc) is 2.88. The van der Waals surface area contributed by atoms with Gasteiger partial charge in [0.2, 0.25) is 12.4 Å². The monoisotopic (exact) mass is 502 g/mol. The lowest BCUT2D eigenvalue weighted by atomic mass is 9.93. The van der Waals surface area contributed by atoms with Crippen molar-refractivity contribution in [3.8, 4) is 5.75 Å². The number of carbonyl (C=O) groups excluding carboxylic acids is 2. The van der Waals surface area contributed by atoms with Crippen molar-refractivity contribution in [1.29, 1.82) is 0 Å². The summed E-state index contributed by atoms with van der Waals surface area (Å²) < 4.78 is 5.22. The molecule has 1 saturated carbocycles. The number of methoxy groups -OCH3 is 1. The smallest absolute Gasteiger partial charge is 0.256 e. The van der Waals surface area contributed by atoms with E-state index in [1.54, 1.807) is 30.3 Å². The van der Waals surface area contributed by atoms with Gasteiger partial charge in [-0.2, -0.15) is 4.98 Å². The molecule has 0 radical (unpaired) electrons. The molecule has 1 aliphatic carbocycles. The summed E-state index contributed by atoms with van der Waals surface area (Å²) in [4.78, 5) is 37.0. The van der Waals surface area contributed by atoms with Crippen molar-refractivity contribution in [3.05, 3.63) is 40.5 Å². The molecule has 2 heterocycles. The molecule has 188 valence electrons. The molecule has 0 bridgehead atoms. The molecule has 2 fully saturated rings. The number of aromatic nitrogens is 2. The fourth-order valence-electron chi connectivity index (χ4n) is 4.34. The normalized spacial score (nSPS) is 20.3. The number of ether oxygens (including phenoxy) is 1. The van der Waals surface area contributed by atoms with Crippen molar-refractivity contribution in [2.45, 2.75) is 44.4 Å². The summed E-state index contributed by atoms with van der Waals surface area (Å²) in [5.74, 6) is 1.27. The number of piperazine rings is 1. The number of amides is 2. The van der Waals surface area contributed by atoms with Gasteiger partial charge in [0, 0.05) is 45.0 Å². The van der Waals surface area contributed by atoms with Crippen molar-refractivity contribution in [1.82, 2.24) is 20.2 Å². The summed E-state index contributed by atoms with van der Waals surface area (Å²) in [6.45, 7) is 2.81. The third kappa shape index (κ3) is 6.32. The van der Waals surface area contributed by atoms with Gasteiger partial charge in [-0.15, -0.1) is 0 Å². The number of aliphatic hydroxyl groups excluding tert-OH is 1. The fraction of sp³-hybridized carbons (Fsp3) is 0.500. The number of hydrogen-bond acceptors (Lipinski definition) is 8. The molecule has 0 unspecified atom stereocenters. The van der Waals surface area contributed by atoms with Crippen LogP contribution in [-0.2, 0) is 11.3 Å². The summed E-state index contributed by atoms with van der Waals surface area (Å²) in [7, 11) is 1.56. The highest BCUT2D eigenvalue weighted by molar-refractivity contribution is 6.32. The van der Waals surface area contributed by atoms with Gasteiger partial charge in [0.25, 0.3) is 5.91 Å². The Morgan fingerprint density at radius 1 is 1.23 bits per heavy atom. The zero-order valence-corrected chi connectivity index (χ0v) is 20.5. The lowest BCUT2D eigenvalue weighted by molar-refractivity contribution is -0.118. The Kier molecular flexibility index (Phi) is 8.25. The van der Waals surface area contributed by atoms with Crippen LogP contribution in [0.25, 0.3) is 0 Å². The highest BCUT2D eigenvalue weighted by Gasteiger charge is 2.25. The van der Waals surface area contributed by atoms with E-state index in [2.05, 4.69) is 20.6 Å². The number of hydrogen-bond donors (Lipinski definition) is 3. The number of nitrogens with one attached hydrogen (secondary N) is 2. The van der Waals surface area contributed by atoms with Gasteiger partial charge in [0.1, 0.15) is 17.1 Å². The molecule has 2 aliphatic rings. The molecule has 2 amide bonds. The minimum atomic E-state index is -0.293. The van der Waals surface area contributed by atoms with Crippen molar-refractivity contribution in [2.24, 2.45) is 0 Å². The second-order valence-electron chi connectivity index (χ2n) is 8.86. The van der Waals surface area contributed by atoms with Crippen molar-refractivity contribution >= 4 is 35.7 Å². The SMILES string of the molecule is COc1ccc(CNc2nc(N3CCN(C=O)CC3)ncc2C(=O)N[C@H]2CC[C@H](O)CC2)cc1Cl. The predicted octanol–water partition coefficient (Wildman–Crippen LogP) is 2.06. The van der Waals surface area contributed by atoms with Crippen molar-refractivity contribution in [3.63, 3.8) is 0 Å². The summed E-state index contributed by atoms with van der Waals surface area (Å²) in [5.41, 5.74) is 1.26. The first-order valence-electron chi connectivity index (χ1n) is 11.8. The first kappa shape index (κ1) is 25.0. The van der Waals surface area contributed by atoms with Crippen molar-refractivity contribution in [2.75, 3.05) is 43.5 Å². The maximum atomic E-state index is 13.1. The first-order chi connectivity index (χ1) is 17.0. The molecule has 4 rings (SSSR count). The first-order valence-corrected chi connectivity index (χ1v) is 12.2. The minimum Gasteiger partial charge on any atom is -0.495 e. The van der Waals surface area contributed by atoms with Crippen LogP contribution in [0.15, 0.2) is 24.4 Å². The Balaban J connectivity index is 1.52. The molecule has 1 aliphatic heterocycles. The van der Waals surface area contributed by atoms with E-state index in [1.165, 1.54) is 0 Å². The van der Waals surface area contributed by atoms with E-state index in [4.69, 9.17) is 16.3 Å². The molecule has 0 spiro atoms. The highest BCUT2D eigenvalue weighted by Crippen LogP contribution is 2.26. The summed E-state index contributed by atoms with van der Waals surface area (Å²) in [6.07, 6.45) is 4.93. The van der Waals surface area contributed by atoms with Crippen molar-refractivity contribution < 1.29 is 19.4 Å². The van der Waals surface area contributed by atoms with Crippen LogP contribution in [0.3, 0.4) is 0 Å². The van der Waals surface area contributed by atoms with E-state index in [1.807, 2.05) is 11.0 Å². The number of carbonyl (C=O) groups is 2. The third-order valence-electron chi connectivity index (χ3n) is 6.47. The summed E-state index contributed by atoms with van der Waals surface area (Å²) in [5, 5.41) is 16.6. The molecule has 35 heavy (non-hydrogen) atoms. The maximum absolute atomic E-state index is 13.1. The van der Waals surface area contributed by atoms with Gasteiger partial charge in [-0.3, -0.25) is 9.59 Å². The lowest BCUT2D eigenvalue weighted by Gasteiger charge is -2.32. The van der Waals surface area contributed by atoms with Gasteiger partial charge in [-0.1, -0.05) is 17.7 Å². The summed E-state index contributed by atoms with van der Waals surface area (Å²) >= 11 is 6.27. The van der Waals surface area contributed by atoms with Crippen LogP contribution in [0.5, 0.6) is 5.75 Å². The van der Waals surface area contributed by atoms with E-state index in [-0.39, 0.29) is 18.1 Å². The average molecular weight is 503 g/mol. The topological polar surface area (TPSA) is 120 Å². The molecular weight excluding hydrogens is 472 g/mol. The maximum Gasteiger partial charge on any atom is 0.256 e. The number of halogens is 1. The van der Waals surface area contributed by atoms with E-state index in [0.717, 1.165) is 24.8 Å². The Morgan fingerprint density at radius 2 is 1.97 bits per heavy atom. The quantitative estimate of drug-likeness (QED) is 0.469. The van der Waals surface area contributed by atoms with Crippen LogP contribution < -0.4 is 20.3 Å². The molecule has 10 nitrogen and oxygen atoms in total. The predicted molar refractivity (Wildman–Crippen MR) is 133 cm³/mol. The highest BCUT2D eigenvalue weighted by atomic mass is 35.5. The molecule has 1 aromatic heterocycles. The summed E-state index contributed by atoms with van der Waals surface area (Å²) in [6, 6.07) is 5.50. The number of benzene rings is 1.